The van der Waals surface area contributed by atoms with Crippen molar-refractivity contribution in [3.05, 3.63) is 29.8 Å². The molecule has 0 bridgehead atoms. The minimum Gasteiger partial charge on any atom is -0.351 e. The first-order valence-electron chi connectivity index (χ1n) is 11.1. The number of imide groups is 1. The molecule has 2 atom stereocenters. The number of amides is 5. The van der Waals surface area contributed by atoms with Crippen LogP contribution in [0.2, 0.25) is 0 Å². The zero-order valence-corrected chi connectivity index (χ0v) is 18.5. The Hall–Kier alpha value is -2.90. The lowest BCUT2D eigenvalue weighted by Gasteiger charge is -2.41. The molecule has 1 saturated carbocycles. The second-order valence-corrected chi connectivity index (χ2v) is 8.72. The van der Waals surface area contributed by atoms with Gasteiger partial charge in [0.25, 0.3) is 5.91 Å². The smallest absolute Gasteiger partial charge is 0.322 e. The van der Waals surface area contributed by atoms with Crippen molar-refractivity contribution >= 4 is 29.4 Å². The van der Waals surface area contributed by atoms with Gasteiger partial charge in [0, 0.05) is 11.7 Å². The lowest BCUT2D eigenvalue weighted by molar-refractivity contribution is -0.131. The lowest BCUT2D eigenvalue weighted by atomic mass is 9.90. The number of carbonyl (C=O) groups excluding carboxylic acids is 4. The summed E-state index contributed by atoms with van der Waals surface area (Å²) in [5.74, 6) is -1.13. The first kappa shape index (κ1) is 22.8. The highest BCUT2D eigenvalue weighted by atomic mass is 16.2. The van der Waals surface area contributed by atoms with Crippen LogP contribution in [-0.2, 0) is 14.4 Å². The molecular formula is C23H32N4O4. The maximum absolute atomic E-state index is 13.5. The summed E-state index contributed by atoms with van der Waals surface area (Å²) in [6.07, 6.45) is 5.42. The summed E-state index contributed by atoms with van der Waals surface area (Å²) in [4.78, 5) is 51.9. The Morgan fingerprint density at radius 2 is 1.77 bits per heavy atom. The zero-order chi connectivity index (χ0) is 22.6. The molecule has 1 aliphatic heterocycles. The molecule has 1 aromatic carbocycles. The third kappa shape index (κ3) is 5.06. The van der Waals surface area contributed by atoms with Gasteiger partial charge in [0.1, 0.15) is 11.6 Å². The largest absolute Gasteiger partial charge is 0.351 e. The fourth-order valence-electron chi connectivity index (χ4n) is 4.27. The van der Waals surface area contributed by atoms with Gasteiger partial charge in [0.15, 0.2) is 0 Å². The molecule has 1 aliphatic carbocycles. The van der Waals surface area contributed by atoms with E-state index in [1.807, 2.05) is 38.1 Å². The summed E-state index contributed by atoms with van der Waals surface area (Å²) in [7, 11) is 0. The highest BCUT2D eigenvalue weighted by Gasteiger charge is 2.44. The second-order valence-electron chi connectivity index (χ2n) is 8.72. The van der Waals surface area contributed by atoms with E-state index in [2.05, 4.69) is 16.0 Å². The number of hydrogen-bond donors (Lipinski definition) is 3. The van der Waals surface area contributed by atoms with Crippen LogP contribution >= 0.6 is 0 Å². The fraction of sp³-hybridized carbons (Fsp3) is 0.565. The summed E-state index contributed by atoms with van der Waals surface area (Å²) in [6, 6.07) is 5.93. The van der Waals surface area contributed by atoms with Gasteiger partial charge in [-0.2, -0.15) is 0 Å². The van der Waals surface area contributed by atoms with E-state index in [0.717, 1.165) is 31.2 Å². The molecule has 3 N–H and O–H groups in total. The van der Waals surface area contributed by atoms with Crippen LogP contribution in [0.25, 0.3) is 0 Å². The average molecular weight is 429 g/mol. The van der Waals surface area contributed by atoms with Crippen molar-refractivity contribution < 1.29 is 19.2 Å². The Bertz CT molecular complexity index is 848. The van der Waals surface area contributed by atoms with Gasteiger partial charge >= 0.3 is 6.03 Å². The second kappa shape index (κ2) is 9.49. The van der Waals surface area contributed by atoms with Gasteiger partial charge in [-0.3, -0.25) is 24.6 Å². The molecule has 0 aromatic heterocycles. The molecule has 2 aliphatic rings. The van der Waals surface area contributed by atoms with Gasteiger partial charge in [-0.05, 0) is 45.2 Å². The van der Waals surface area contributed by atoms with Crippen molar-refractivity contribution in [3.63, 3.8) is 0 Å². The number of rotatable bonds is 7. The third-order valence-electron chi connectivity index (χ3n) is 6.39. The number of aryl methyl sites for hydroxylation is 1. The van der Waals surface area contributed by atoms with E-state index < -0.39 is 29.4 Å². The normalized spacial score (nSPS) is 21.1. The SMILES string of the molecule is CC[C@](C)(C(=O)NC1CCCCC1)N(C(=O)C[C@@H]1NC(=O)NC1=O)c1ccc(C)cc1. The summed E-state index contributed by atoms with van der Waals surface area (Å²) in [6.45, 7) is 5.58. The summed E-state index contributed by atoms with van der Waals surface area (Å²) >= 11 is 0. The summed E-state index contributed by atoms with van der Waals surface area (Å²) in [5, 5.41) is 7.77. The van der Waals surface area contributed by atoms with Gasteiger partial charge in [0.2, 0.25) is 11.8 Å². The minimum atomic E-state index is -1.14. The van der Waals surface area contributed by atoms with Gasteiger partial charge < -0.3 is 10.6 Å². The highest BCUT2D eigenvalue weighted by Crippen LogP contribution is 2.30. The van der Waals surface area contributed by atoms with Crippen molar-refractivity contribution in [2.75, 3.05) is 4.90 Å². The van der Waals surface area contributed by atoms with Crippen molar-refractivity contribution in [2.45, 2.75) is 83.3 Å². The molecule has 0 unspecified atom stereocenters. The topological polar surface area (TPSA) is 108 Å². The first-order chi connectivity index (χ1) is 14.7. The van der Waals surface area contributed by atoms with E-state index in [9.17, 15) is 19.2 Å². The molecule has 168 valence electrons. The Morgan fingerprint density at radius 1 is 1.13 bits per heavy atom. The molecule has 0 radical (unpaired) electrons. The molecule has 0 spiro atoms. The zero-order valence-electron chi connectivity index (χ0n) is 18.5. The van der Waals surface area contributed by atoms with E-state index in [1.54, 1.807) is 6.92 Å². The number of benzene rings is 1. The average Bonchev–Trinajstić information content (AvgIpc) is 3.06. The van der Waals surface area contributed by atoms with Gasteiger partial charge in [-0.15, -0.1) is 0 Å². The predicted octanol–water partition coefficient (Wildman–Crippen LogP) is 2.54. The maximum Gasteiger partial charge on any atom is 0.322 e. The first-order valence-corrected chi connectivity index (χ1v) is 11.1. The molecule has 1 saturated heterocycles. The van der Waals surface area contributed by atoms with Crippen LogP contribution in [0.15, 0.2) is 24.3 Å². The number of anilines is 1. The van der Waals surface area contributed by atoms with Crippen molar-refractivity contribution in [3.8, 4) is 0 Å². The molecule has 8 nitrogen and oxygen atoms in total. The molecule has 31 heavy (non-hydrogen) atoms. The molecule has 1 aromatic rings. The van der Waals surface area contributed by atoms with E-state index in [-0.39, 0.29) is 18.4 Å². The van der Waals surface area contributed by atoms with Gasteiger partial charge in [-0.25, -0.2) is 4.79 Å². The van der Waals surface area contributed by atoms with Crippen molar-refractivity contribution in [1.82, 2.24) is 16.0 Å². The maximum atomic E-state index is 13.5. The minimum absolute atomic E-state index is 0.113. The van der Waals surface area contributed by atoms with E-state index in [4.69, 9.17) is 0 Å². The van der Waals surface area contributed by atoms with Crippen LogP contribution in [0, 0.1) is 6.92 Å². The molecule has 3 rings (SSSR count). The van der Waals surface area contributed by atoms with Crippen LogP contribution in [0.5, 0.6) is 0 Å². The summed E-state index contributed by atoms with van der Waals surface area (Å²) < 4.78 is 0. The fourth-order valence-corrected chi connectivity index (χ4v) is 4.27. The Morgan fingerprint density at radius 3 is 2.32 bits per heavy atom. The molecule has 8 heteroatoms. The number of hydrogen-bond acceptors (Lipinski definition) is 4. The highest BCUT2D eigenvalue weighted by molar-refractivity contribution is 6.09. The monoisotopic (exact) mass is 428 g/mol. The number of carbonyl (C=O) groups is 4. The van der Waals surface area contributed by atoms with Crippen molar-refractivity contribution in [2.24, 2.45) is 0 Å². The van der Waals surface area contributed by atoms with Crippen LogP contribution in [0.4, 0.5) is 10.5 Å². The Balaban J connectivity index is 1.89. The molecule has 1 heterocycles. The quantitative estimate of drug-likeness (QED) is 0.580. The van der Waals surface area contributed by atoms with E-state index in [1.165, 1.54) is 11.3 Å². The van der Waals surface area contributed by atoms with Gasteiger partial charge in [-0.1, -0.05) is 43.9 Å². The predicted molar refractivity (Wildman–Crippen MR) is 117 cm³/mol. The van der Waals surface area contributed by atoms with Gasteiger partial charge in [0.05, 0.1) is 6.42 Å². The Kier molecular flexibility index (Phi) is 6.97. The molecule has 5 amide bonds. The standard InChI is InChI=1S/C23H32N4O4/c1-4-23(3,21(30)24-16-8-6-5-7-9-16)27(17-12-10-15(2)11-13-17)19(28)14-18-20(29)26-22(31)25-18/h10-13,16,18H,4-9,14H2,1-3H3,(H,24,30)(H2,25,26,29,31)/t18-,23+/m0/s1. The number of urea groups is 1. The molecular weight excluding hydrogens is 396 g/mol. The van der Waals surface area contributed by atoms with Crippen LogP contribution in [0.3, 0.4) is 0 Å². The molecule has 2 fully saturated rings. The lowest BCUT2D eigenvalue weighted by Crippen LogP contribution is -2.61. The third-order valence-corrected chi connectivity index (χ3v) is 6.39. The van der Waals surface area contributed by atoms with E-state index >= 15 is 0 Å². The van der Waals surface area contributed by atoms with Crippen LogP contribution in [0.1, 0.15) is 64.4 Å². The summed E-state index contributed by atoms with van der Waals surface area (Å²) in [5.41, 5.74) is 0.481. The van der Waals surface area contributed by atoms with Crippen LogP contribution in [-0.4, -0.2) is 41.4 Å². The number of nitrogens with one attached hydrogen (secondary N) is 3. The Labute approximate surface area is 183 Å². The van der Waals surface area contributed by atoms with Crippen LogP contribution < -0.4 is 20.9 Å². The van der Waals surface area contributed by atoms with Crippen molar-refractivity contribution in [1.29, 1.82) is 0 Å². The number of nitrogens with zero attached hydrogens (tertiary/aromatic N) is 1. The van der Waals surface area contributed by atoms with E-state index in [0.29, 0.717) is 12.1 Å².